The summed E-state index contributed by atoms with van der Waals surface area (Å²) in [5, 5.41) is 0. The van der Waals surface area contributed by atoms with E-state index in [0.717, 1.165) is 24.2 Å². The van der Waals surface area contributed by atoms with Gasteiger partial charge in [0.05, 0.1) is 5.88 Å². The third-order valence-electron chi connectivity index (χ3n) is 2.62. The smallest absolute Gasteiger partial charge is 0.113 e. The second-order valence-electron chi connectivity index (χ2n) is 3.80. The number of alkyl halides is 1. The van der Waals surface area contributed by atoms with E-state index in [0.29, 0.717) is 12.5 Å². The lowest BCUT2D eigenvalue weighted by atomic mass is 10.1. The van der Waals surface area contributed by atoms with Gasteiger partial charge in [-0.25, -0.2) is 0 Å². The van der Waals surface area contributed by atoms with E-state index in [2.05, 4.69) is 24.3 Å². The van der Waals surface area contributed by atoms with Crippen molar-refractivity contribution in [1.82, 2.24) is 0 Å². The van der Waals surface area contributed by atoms with Crippen LogP contribution in [0.1, 0.15) is 18.4 Å². The third kappa shape index (κ3) is 2.89. The van der Waals surface area contributed by atoms with Crippen LogP contribution in [0.3, 0.4) is 0 Å². The van der Waals surface area contributed by atoms with Gasteiger partial charge >= 0.3 is 0 Å². The molecule has 0 spiro atoms. The molecule has 1 aromatic rings. The van der Waals surface area contributed by atoms with Gasteiger partial charge in [0, 0.05) is 12.0 Å². The molecule has 1 aliphatic rings. The molecule has 0 N–H and O–H groups in total. The lowest BCUT2D eigenvalue weighted by Crippen LogP contribution is -2.01. The van der Waals surface area contributed by atoms with Gasteiger partial charge < -0.3 is 4.74 Å². The van der Waals surface area contributed by atoms with Crippen molar-refractivity contribution in [1.29, 1.82) is 0 Å². The Hall–Kier alpha value is -1.21. The zero-order valence-corrected chi connectivity index (χ0v) is 9.91. The Morgan fingerprint density at radius 1 is 1.19 bits per heavy atom. The van der Waals surface area contributed by atoms with E-state index >= 15 is 0 Å². The fourth-order valence-electron chi connectivity index (χ4n) is 1.72. The molecule has 1 nitrogen and oxygen atoms in total. The number of rotatable bonds is 4. The SMILES string of the molecule is ClCC1=C(OCc2ccccc2)CCC=C1. The van der Waals surface area contributed by atoms with E-state index in [9.17, 15) is 0 Å². The van der Waals surface area contributed by atoms with Crippen molar-refractivity contribution in [3.8, 4) is 0 Å². The number of hydrogen-bond donors (Lipinski definition) is 0. The Morgan fingerprint density at radius 3 is 2.75 bits per heavy atom. The quantitative estimate of drug-likeness (QED) is 0.715. The van der Waals surface area contributed by atoms with Crippen LogP contribution >= 0.6 is 11.6 Å². The third-order valence-corrected chi connectivity index (χ3v) is 2.90. The maximum absolute atomic E-state index is 5.87. The van der Waals surface area contributed by atoms with E-state index in [1.807, 2.05) is 18.2 Å². The minimum absolute atomic E-state index is 0.528. The van der Waals surface area contributed by atoms with E-state index in [-0.39, 0.29) is 0 Å². The van der Waals surface area contributed by atoms with E-state index in [4.69, 9.17) is 16.3 Å². The molecular weight excluding hydrogens is 220 g/mol. The second-order valence-corrected chi connectivity index (χ2v) is 4.06. The van der Waals surface area contributed by atoms with Crippen LogP contribution in [0.4, 0.5) is 0 Å². The van der Waals surface area contributed by atoms with E-state index in [1.54, 1.807) is 0 Å². The van der Waals surface area contributed by atoms with Crippen LogP contribution in [-0.2, 0) is 11.3 Å². The van der Waals surface area contributed by atoms with Crippen LogP contribution in [0.2, 0.25) is 0 Å². The summed E-state index contributed by atoms with van der Waals surface area (Å²) in [4.78, 5) is 0. The minimum Gasteiger partial charge on any atom is -0.493 e. The van der Waals surface area contributed by atoms with Crippen molar-refractivity contribution >= 4 is 11.6 Å². The van der Waals surface area contributed by atoms with E-state index in [1.165, 1.54) is 5.56 Å². The number of ether oxygens (including phenoxy) is 1. The fourth-order valence-corrected chi connectivity index (χ4v) is 1.96. The Labute approximate surface area is 101 Å². The Balaban J connectivity index is 1.99. The summed E-state index contributed by atoms with van der Waals surface area (Å²) < 4.78 is 5.82. The van der Waals surface area contributed by atoms with Gasteiger partial charge in [0.25, 0.3) is 0 Å². The molecule has 0 fully saturated rings. The van der Waals surface area contributed by atoms with Crippen molar-refractivity contribution in [2.45, 2.75) is 19.4 Å². The van der Waals surface area contributed by atoms with Gasteiger partial charge in [-0.3, -0.25) is 0 Å². The molecule has 0 saturated carbocycles. The number of halogens is 1. The molecule has 16 heavy (non-hydrogen) atoms. The van der Waals surface area contributed by atoms with E-state index < -0.39 is 0 Å². The average molecular weight is 235 g/mol. The maximum Gasteiger partial charge on any atom is 0.113 e. The highest BCUT2D eigenvalue weighted by Crippen LogP contribution is 2.22. The van der Waals surface area contributed by atoms with Gasteiger partial charge in [-0.05, 0) is 12.0 Å². The molecule has 0 amide bonds. The van der Waals surface area contributed by atoms with Crippen LogP contribution < -0.4 is 0 Å². The monoisotopic (exact) mass is 234 g/mol. The molecule has 0 aliphatic heterocycles. The van der Waals surface area contributed by atoms with Gasteiger partial charge in [-0.1, -0.05) is 42.5 Å². The summed E-state index contributed by atoms with van der Waals surface area (Å²) in [7, 11) is 0. The number of benzene rings is 1. The first-order valence-corrected chi connectivity index (χ1v) is 6.05. The normalized spacial score (nSPS) is 15.3. The molecule has 0 heterocycles. The molecule has 0 radical (unpaired) electrons. The highest BCUT2D eigenvalue weighted by molar-refractivity contribution is 6.19. The first-order valence-electron chi connectivity index (χ1n) is 5.51. The molecule has 2 rings (SSSR count). The largest absolute Gasteiger partial charge is 0.493 e. The zero-order chi connectivity index (χ0) is 11.2. The molecule has 1 aromatic carbocycles. The molecular formula is C14H15ClO. The summed E-state index contributed by atoms with van der Waals surface area (Å²) in [5.74, 6) is 1.57. The molecule has 84 valence electrons. The van der Waals surface area contributed by atoms with Crippen LogP contribution in [0, 0.1) is 0 Å². The van der Waals surface area contributed by atoms with Crippen molar-refractivity contribution in [2.75, 3.05) is 5.88 Å². The summed E-state index contributed by atoms with van der Waals surface area (Å²) in [6, 6.07) is 10.2. The molecule has 1 aliphatic carbocycles. The lowest BCUT2D eigenvalue weighted by molar-refractivity contribution is 0.186. The predicted octanol–water partition coefficient (Wildman–Crippen LogP) is 4.05. The van der Waals surface area contributed by atoms with Crippen molar-refractivity contribution in [3.63, 3.8) is 0 Å². The van der Waals surface area contributed by atoms with Crippen molar-refractivity contribution in [2.24, 2.45) is 0 Å². The first kappa shape index (κ1) is 11.3. The van der Waals surface area contributed by atoms with Crippen molar-refractivity contribution in [3.05, 3.63) is 59.4 Å². The number of allylic oxidation sites excluding steroid dienone is 4. The fraction of sp³-hybridized carbons (Fsp3) is 0.286. The standard InChI is InChI=1S/C14H15ClO/c15-10-13-8-4-5-9-14(13)16-11-12-6-2-1-3-7-12/h1-4,6-8H,5,9-11H2. The topological polar surface area (TPSA) is 9.23 Å². The highest BCUT2D eigenvalue weighted by Gasteiger charge is 2.08. The predicted molar refractivity (Wildman–Crippen MR) is 67.4 cm³/mol. The molecule has 0 aromatic heterocycles. The van der Waals surface area contributed by atoms with Crippen LogP contribution in [-0.4, -0.2) is 5.88 Å². The zero-order valence-electron chi connectivity index (χ0n) is 9.16. The maximum atomic E-state index is 5.87. The Morgan fingerprint density at radius 2 is 2.00 bits per heavy atom. The molecule has 0 saturated heterocycles. The Kier molecular flexibility index (Phi) is 4.06. The van der Waals surface area contributed by atoms with Gasteiger partial charge in [0.15, 0.2) is 0 Å². The van der Waals surface area contributed by atoms with Crippen molar-refractivity contribution < 1.29 is 4.74 Å². The van der Waals surface area contributed by atoms with Crippen LogP contribution in [0.5, 0.6) is 0 Å². The summed E-state index contributed by atoms with van der Waals surface area (Å²) >= 11 is 5.87. The minimum atomic E-state index is 0.528. The van der Waals surface area contributed by atoms with Gasteiger partial charge in [0.2, 0.25) is 0 Å². The van der Waals surface area contributed by atoms with Gasteiger partial charge in [-0.2, -0.15) is 0 Å². The molecule has 0 atom stereocenters. The molecule has 0 bridgehead atoms. The first-order chi connectivity index (χ1) is 7.90. The molecule has 0 unspecified atom stereocenters. The number of hydrogen-bond acceptors (Lipinski definition) is 1. The second kappa shape index (κ2) is 5.76. The molecule has 2 heteroatoms. The Bertz CT molecular complexity index is 392. The average Bonchev–Trinajstić information content (AvgIpc) is 2.38. The lowest BCUT2D eigenvalue weighted by Gasteiger charge is -2.15. The summed E-state index contributed by atoms with van der Waals surface area (Å²) in [6.45, 7) is 0.629. The van der Waals surface area contributed by atoms with Crippen LogP contribution in [0.15, 0.2) is 53.8 Å². The highest BCUT2D eigenvalue weighted by atomic mass is 35.5. The van der Waals surface area contributed by atoms with Crippen LogP contribution in [0.25, 0.3) is 0 Å². The van der Waals surface area contributed by atoms with Gasteiger partial charge in [-0.15, -0.1) is 11.6 Å². The summed E-state index contributed by atoms with van der Waals surface area (Å²) in [6.07, 6.45) is 6.22. The van der Waals surface area contributed by atoms with Gasteiger partial charge in [0.1, 0.15) is 12.4 Å². The summed E-state index contributed by atoms with van der Waals surface area (Å²) in [5.41, 5.74) is 2.31.